The molecular formula is C31H27FN4O3. The standard InChI is InChI=1S/C31H27FN4O3/c32-21-5-7-22(8-6-21)35-29(37)31(15-16-31)30(38)36-23-9-11-24(12-10-23)39-28-14-18-34-27-19-20(4-13-25(27)28)26-3-1-2-17-33-26/h2,4-14,17-18,27H,1,3,15-16,19H2,(H,35,37)(H,36,38). The summed E-state index contributed by atoms with van der Waals surface area (Å²) in [6, 6.07) is 12.5. The predicted octanol–water partition coefficient (Wildman–Crippen LogP) is 5.90. The molecule has 0 radical (unpaired) electrons. The molecule has 1 fully saturated rings. The number of dihydropyridines is 1. The van der Waals surface area contributed by atoms with Crippen LogP contribution in [0.3, 0.4) is 0 Å². The molecule has 6 rings (SSSR count). The highest BCUT2D eigenvalue weighted by molar-refractivity contribution is 6.16. The van der Waals surface area contributed by atoms with Crippen molar-refractivity contribution in [3.63, 3.8) is 0 Å². The molecule has 0 aromatic heterocycles. The molecule has 2 aliphatic carbocycles. The molecule has 2 aliphatic heterocycles. The molecule has 1 saturated carbocycles. The first-order valence-corrected chi connectivity index (χ1v) is 13.0. The second-order valence-corrected chi connectivity index (χ2v) is 9.99. The Morgan fingerprint density at radius 1 is 0.923 bits per heavy atom. The van der Waals surface area contributed by atoms with Crippen LogP contribution in [0.4, 0.5) is 15.8 Å². The summed E-state index contributed by atoms with van der Waals surface area (Å²) in [6.07, 6.45) is 15.4. The molecule has 2 aromatic rings. The number of anilines is 2. The van der Waals surface area contributed by atoms with Gasteiger partial charge in [0.1, 0.15) is 22.7 Å². The Balaban J connectivity index is 1.09. The van der Waals surface area contributed by atoms with Crippen molar-refractivity contribution in [2.45, 2.75) is 38.1 Å². The summed E-state index contributed by atoms with van der Waals surface area (Å²) in [5, 5.41) is 5.56. The number of ether oxygens (including phenoxy) is 1. The Kier molecular flexibility index (Phi) is 6.52. The Hall–Kier alpha value is -4.59. The van der Waals surface area contributed by atoms with Gasteiger partial charge in [-0.15, -0.1) is 0 Å². The Morgan fingerprint density at radius 3 is 2.26 bits per heavy atom. The summed E-state index contributed by atoms with van der Waals surface area (Å²) in [7, 11) is 0. The monoisotopic (exact) mass is 522 g/mol. The number of hydrogen-bond acceptors (Lipinski definition) is 5. The Morgan fingerprint density at radius 2 is 1.62 bits per heavy atom. The molecule has 2 aromatic carbocycles. The zero-order valence-corrected chi connectivity index (χ0v) is 21.2. The number of amides is 2. The van der Waals surface area contributed by atoms with E-state index in [1.165, 1.54) is 29.8 Å². The number of nitrogens with zero attached hydrogens (tertiary/aromatic N) is 2. The maximum Gasteiger partial charge on any atom is 0.240 e. The summed E-state index contributed by atoms with van der Waals surface area (Å²) in [6.45, 7) is 0. The number of benzene rings is 2. The number of carbonyl (C=O) groups excluding carboxylic acids is 2. The number of hydrogen-bond donors (Lipinski definition) is 2. The zero-order valence-electron chi connectivity index (χ0n) is 21.2. The fourth-order valence-electron chi connectivity index (χ4n) is 4.88. The maximum absolute atomic E-state index is 13.1. The summed E-state index contributed by atoms with van der Waals surface area (Å²) >= 11 is 0. The highest BCUT2D eigenvalue weighted by Crippen LogP contribution is 2.47. The molecule has 196 valence electrons. The zero-order chi connectivity index (χ0) is 26.8. The van der Waals surface area contributed by atoms with Gasteiger partial charge in [0.2, 0.25) is 11.8 Å². The van der Waals surface area contributed by atoms with Crippen molar-refractivity contribution in [1.82, 2.24) is 0 Å². The van der Waals surface area contributed by atoms with Crippen molar-refractivity contribution >= 4 is 35.1 Å². The van der Waals surface area contributed by atoms with E-state index in [0.717, 1.165) is 36.3 Å². The minimum absolute atomic E-state index is 0.00652. The van der Waals surface area contributed by atoms with Gasteiger partial charge in [-0.2, -0.15) is 0 Å². The number of halogens is 1. The van der Waals surface area contributed by atoms with Crippen LogP contribution in [0.1, 0.15) is 32.1 Å². The molecule has 1 atom stereocenters. The molecule has 4 aliphatic rings. The fraction of sp³-hybridized carbons (Fsp3) is 0.226. The molecule has 0 spiro atoms. The molecule has 0 bridgehead atoms. The van der Waals surface area contributed by atoms with Crippen molar-refractivity contribution in [2.24, 2.45) is 15.4 Å². The van der Waals surface area contributed by atoms with Crippen molar-refractivity contribution in [1.29, 1.82) is 0 Å². The van der Waals surface area contributed by atoms with Gasteiger partial charge in [-0.05, 0) is 85.9 Å². The predicted molar refractivity (Wildman–Crippen MR) is 149 cm³/mol. The first kappa shape index (κ1) is 24.7. The summed E-state index contributed by atoms with van der Waals surface area (Å²) in [4.78, 5) is 34.9. The second kappa shape index (κ2) is 10.3. The van der Waals surface area contributed by atoms with Gasteiger partial charge in [0, 0.05) is 41.5 Å². The van der Waals surface area contributed by atoms with Crippen molar-refractivity contribution in [3.8, 4) is 5.75 Å². The van der Waals surface area contributed by atoms with Crippen LogP contribution in [-0.2, 0) is 9.59 Å². The van der Waals surface area contributed by atoms with Crippen LogP contribution in [0.2, 0.25) is 0 Å². The molecule has 7 nitrogen and oxygen atoms in total. The van der Waals surface area contributed by atoms with Gasteiger partial charge in [-0.3, -0.25) is 19.6 Å². The van der Waals surface area contributed by atoms with Crippen molar-refractivity contribution in [3.05, 3.63) is 102 Å². The van der Waals surface area contributed by atoms with E-state index in [2.05, 4.69) is 38.8 Å². The van der Waals surface area contributed by atoms with E-state index in [0.29, 0.717) is 30.0 Å². The van der Waals surface area contributed by atoms with E-state index in [4.69, 9.17) is 4.74 Å². The quantitative estimate of drug-likeness (QED) is 0.443. The third-order valence-electron chi connectivity index (χ3n) is 7.33. The van der Waals surface area contributed by atoms with Gasteiger partial charge in [-0.1, -0.05) is 18.2 Å². The molecule has 1 unspecified atom stereocenters. The number of nitrogens with one attached hydrogen (secondary N) is 2. The molecule has 0 saturated heterocycles. The highest BCUT2D eigenvalue weighted by atomic mass is 19.1. The van der Waals surface area contributed by atoms with E-state index in [9.17, 15) is 14.0 Å². The van der Waals surface area contributed by atoms with Crippen LogP contribution in [0.5, 0.6) is 5.75 Å². The van der Waals surface area contributed by atoms with Gasteiger partial charge < -0.3 is 15.4 Å². The number of allylic oxidation sites excluding steroid dienone is 4. The lowest BCUT2D eigenvalue weighted by atomic mass is 9.87. The molecule has 2 heterocycles. The first-order valence-electron chi connectivity index (χ1n) is 13.0. The average Bonchev–Trinajstić information content (AvgIpc) is 3.78. The molecule has 39 heavy (non-hydrogen) atoms. The summed E-state index contributed by atoms with van der Waals surface area (Å²) in [5.41, 5.74) is 3.26. The van der Waals surface area contributed by atoms with Gasteiger partial charge in [-0.25, -0.2) is 4.39 Å². The first-order chi connectivity index (χ1) is 19.0. The third-order valence-corrected chi connectivity index (χ3v) is 7.33. The Bertz CT molecular complexity index is 1490. The number of rotatable bonds is 7. The SMILES string of the molecule is O=C(Nc1ccc(F)cc1)C1(C(=O)Nc2ccc(OC3=CC=NC4CC(C5=NC=CCC5)=CC=C34)cc2)CC1. The number of fused-ring (bicyclic) bond motifs is 1. The van der Waals surface area contributed by atoms with Crippen molar-refractivity contribution < 1.29 is 18.7 Å². The molecule has 8 heteroatoms. The van der Waals surface area contributed by atoms with Crippen LogP contribution in [0.25, 0.3) is 0 Å². The second-order valence-electron chi connectivity index (χ2n) is 9.99. The van der Waals surface area contributed by atoms with Crippen molar-refractivity contribution in [2.75, 3.05) is 10.6 Å². The van der Waals surface area contributed by atoms with Gasteiger partial charge >= 0.3 is 0 Å². The minimum Gasteiger partial charge on any atom is -0.457 e. The van der Waals surface area contributed by atoms with E-state index >= 15 is 0 Å². The smallest absolute Gasteiger partial charge is 0.240 e. The van der Waals surface area contributed by atoms with Gasteiger partial charge in [0.05, 0.1) is 6.04 Å². The molecular weight excluding hydrogens is 495 g/mol. The summed E-state index contributed by atoms with van der Waals surface area (Å²) < 4.78 is 19.3. The molecule has 2 amide bonds. The van der Waals surface area contributed by atoms with Gasteiger partial charge in [0.15, 0.2) is 0 Å². The minimum atomic E-state index is -1.12. The van der Waals surface area contributed by atoms with E-state index in [1.54, 1.807) is 30.5 Å². The maximum atomic E-state index is 13.1. The van der Waals surface area contributed by atoms with Crippen LogP contribution in [-0.4, -0.2) is 29.8 Å². The van der Waals surface area contributed by atoms with E-state index in [1.807, 2.05) is 12.3 Å². The van der Waals surface area contributed by atoms with E-state index < -0.39 is 17.1 Å². The third kappa shape index (κ3) is 5.23. The largest absolute Gasteiger partial charge is 0.457 e. The van der Waals surface area contributed by atoms with Crippen LogP contribution in [0.15, 0.2) is 106 Å². The lowest BCUT2D eigenvalue weighted by Gasteiger charge is -2.26. The summed E-state index contributed by atoms with van der Waals surface area (Å²) in [5.74, 6) is 0.217. The fourth-order valence-corrected chi connectivity index (χ4v) is 4.88. The average molecular weight is 523 g/mol. The van der Waals surface area contributed by atoms with Crippen LogP contribution >= 0.6 is 0 Å². The molecule has 2 N–H and O–H groups in total. The van der Waals surface area contributed by atoms with Gasteiger partial charge in [0.25, 0.3) is 0 Å². The highest BCUT2D eigenvalue weighted by Gasteiger charge is 2.56. The lowest BCUT2D eigenvalue weighted by Crippen LogP contribution is -2.35. The number of aliphatic imine (C=N–C) groups is 2. The van der Waals surface area contributed by atoms with E-state index in [-0.39, 0.29) is 11.9 Å². The van der Waals surface area contributed by atoms with Crippen LogP contribution in [0, 0.1) is 11.2 Å². The Labute approximate surface area is 225 Å². The lowest BCUT2D eigenvalue weighted by molar-refractivity contribution is -0.131. The normalized spacial score (nSPS) is 20.5. The number of carbonyl (C=O) groups is 2. The topological polar surface area (TPSA) is 92.2 Å². The van der Waals surface area contributed by atoms with Crippen LogP contribution < -0.4 is 15.4 Å².